The lowest BCUT2D eigenvalue weighted by molar-refractivity contribution is 0.296. The highest BCUT2D eigenvalue weighted by atomic mass is 35.5. The number of nitrogens with one attached hydrogen (secondary N) is 1. The molecule has 0 aliphatic carbocycles. The molecule has 0 spiro atoms. The largest absolute Gasteiger partial charge is 0.304 e. The van der Waals surface area contributed by atoms with Crippen LogP contribution in [0.1, 0.15) is 33.1 Å². The van der Waals surface area contributed by atoms with Gasteiger partial charge in [-0.15, -0.1) is 11.3 Å². The van der Waals surface area contributed by atoms with Crippen molar-refractivity contribution in [2.75, 3.05) is 26.2 Å². The molecule has 0 bridgehead atoms. The normalized spacial score (nSPS) is 12.2. The molecule has 0 saturated heterocycles. The summed E-state index contributed by atoms with van der Waals surface area (Å²) in [5, 5.41) is 0. The molecule has 0 atom stereocenters. The first-order valence-corrected chi connectivity index (χ1v) is 9.64. The first-order chi connectivity index (χ1) is 9.49. The number of nitrogens with zero attached hydrogens (tertiary/aromatic N) is 1. The average Bonchev–Trinajstić information content (AvgIpc) is 2.85. The van der Waals surface area contributed by atoms with Crippen LogP contribution < -0.4 is 4.72 Å². The number of hydrogen-bond donors (Lipinski definition) is 1. The van der Waals surface area contributed by atoms with Crippen molar-refractivity contribution >= 4 is 33.0 Å². The van der Waals surface area contributed by atoms with E-state index in [1.54, 1.807) is 6.07 Å². The third-order valence-corrected chi connectivity index (χ3v) is 6.34. The Labute approximate surface area is 131 Å². The second-order valence-corrected chi connectivity index (χ2v) is 8.25. The molecule has 4 nitrogen and oxygen atoms in total. The minimum absolute atomic E-state index is 0.283. The third-order valence-electron chi connectivity index (χ3n) is 3.15. The first-order valence-electron chi connectivity index (χ1n) is 6.97. The van der Waals surface area contributed by atoms with Gasteiger partial charge in [0, 0.05) is 6.54 Å². The maximum absolute atomic E-state index is 11.9. The Bertz CT molecular complexity index is 484. The first kappa shape index (κ1) is 17.9. The number of hydrogen-bond acceptors (Lipinski definition) is 4. The van der Waals surface area contributed by atoms with Gasteiger partial charge in [0.1, 0.15) is 4.21 Å². The molecule has 0 fully saturated rings. The highest BCUT2D eigenvalue weighted by molar-refractivity contribution is 7.91. The lowest BCUT2D eigenvalue weighted by Crippen LogP contribution is -2.25. The van der Waals surface area contributed by atoms with E-state index in [0.29, 0.717) is 10.9 Å². The molecule has 1 N–H and O–H groups in total. The van der Waals surface area contributed by atoms with Crippen LogP contribution in [0.2, 0.25) is 4.34 Å². The van der Waals surface area contributed by atoms with Gasteiger partial charge in [-0.05, 0) is 44.6 Å². The summed E-state index contributed by atoms with van der Waals surface area (Å²) in [6.45, 7) is 8.02. The molecule has 0 unspecified atom stereocenters. The Kier molecular flexibility index (Phi) is 8.06. The van der Waals surface area contributed by atoms with E-state index in [9.17, 15) is 8.42 Å². The highest BCUT2D eigenvalue weighted by Crippen LogP contribution is 2.25. The van der Waals surface area contributed by atoms with Crippen molar-refractivity contribution in [2.24, 2.45) is 0 Å². The summed E-state index contributed by atoms with van der Waals surface area (Å²) >= 11 is 6.83. The van der Waals surface area contributed by atoms with Crippen LogP contribution in [0, 0.1) is 0 Å². The quantitative estimate of drug-likeness (QED) is 0.666. The van der Waals surface area contributed by atoms with Crippen LogP contribution in [-0.4, -0.2) is 39.5 Å². The number of halogens is 1. The van der Waals surface area contributed by atoms with Gasteiger partial charge in [0.2, 0.25) is 10.0 Å². The standard InChI is InChI=1S/C13H23ClN2O2S2/c1-3-16(4-2)11-7-5-6-10-15-20(17,18)13-9-8-12(14)19-13/h8-9,15H,3-7,10-11H2,1-2H3. The lowest BCUT2D eigenvalue weighted by atomic mass is 10.2. The molecule has 0 aliphatic heterocycles. The van der Waals surface area contributed by atoms with Gasteiger partial charge >= 0.3 is 0 Å². The molecule has 1 heterocycles. The zero-order chi connectivity index (χ0) is 15.0. The molecule has 1 aromatic rings. The van der Waals surface area contributed by atoms with Crippen LogP contribution in [-0.2, 0) is 10.0 Å². The van der Waals surface area contributed by atoms with Crippen LogP contribution in [0.4, 0.5) is 0 Å². The monoisotopic (exact) mass is 338 g/mol. The van der Waals surface area contributed by atoms with Gasteiger partial charge in [0.25, 0.3) is 0 Å². The van der Waals surface area contributed by atoms with Gasteiger partial charge in [-0.25, -0.2) is 13.1 Å². The lowest BCUT2D eigenvalue weighted by Gasteiger charge is -2.17. The summed E-state index contributed by atoms with van der Waals surface area (Å²) in [6.07, 6.45) is 3.00. The summed E-state index contributed by atoms with van der Waals surface area (Å²) in [6, 6.07) is 3.14. The van der Waals surface area contributed by atoms with E-state index in [4.69, 9.17) is 11.6 Å². The molecule has 0 saturated carbocycles. The maximum atomic E-state index is 11.9. The van der Waals surface area contributed by atoms with Crippen LogP contribution in [0.25, 0.3) is 0 Å². The summed E-state index contributed by atoms with van der Waals surface area (Å²) in [5.41, 5.74) is 0. The summed E-state index contributed by atoms with van der Waals surface area (Å²) < 4.78 is 27.2. The molecular formula is C13H23ClN2O2S2. The molecule has 1 aromatic heterocycles. The molecular weight excluding hydrogens is 316 g/mol. The second-order valence-electron chi connectivity index (χ2n) is 4.54. The molecule has 0 radical (unpaired) electrons. The van der Waals surface area contributed by atoms with Crippen molar-refractivity contribution in [1.82, 2.24) is 9.62 Å². The number of rotatable bonds is 10. The fraction of sp³-hybridized carbons (Fsp3) is 0.692. The van der Waals surface area contributed by atoms with Gasteiger partial charge in [-0.2, -0.15) is 0 Å². The third kappa shape index (κ3) is 6.10. The van der Waals surface area contributed by atoms with Gasteiger partial charge in [0.15, 0.2) is 0 Å². The molecule has 116 valence electrons. The van der Waals surface area contributed by atoms with Gasteiger partial charge in [-0.1, -0.05) is 31.9 Å². The van der Waals surface area contributed by atoms with Gasteiger partial charge in [-0.3, -0.25) is 0 Å². The number of thiophene rings is 1. The summed E-state index contributed by atoms with van der Waals surface area (Å²) in [5.74, 6) is 0. The Balaban J connectivity index is 2.21. The van der Waals surface area contributed by atoms with E-state index >= 15 is 0 Å². The van der Waals surface area contributed by atoms with E-state index < -0.39 is 10.0 Å². The maximum Gasteiger partial charge on any atom is 0.250 e. The minimum Gasteiger partial charge on any atom is -0.304 e. The molecule has 1 rings (SSSR count). The predicted octanol–water partition coefficient (Wildman–Crippen LogP) is 3.19. The summed E-state index contributed by atoms with van der Waals surface area (Å²) in [4.78, 5) is 2.37. The van der Waals surface area contributed by atoms with Crippen molar-refractivity contribution in [3.63, 3.8) is 0 Å². The van der Waals surface area contributed by atoms with Crippen LogP contribution in [0.15, 0.2) is 16.3 Å². The molecule has 20 heavy (non-hydrogen) atoms. The van der Waals surface area contributed by atoms with Crippen molar-refractivity contribution in [1.29, 1.82) is 0 Å². The van der Waals surface area contributed by atoms with Crippen molar-refractivity contribution in [3.8, 4) is 0 Å². The van der Waals surface area contributed by atoms with Crippen molar-refractivity contribution in [3.05, 3.63) is 16.5 Å². The highest BCUT2D eigenvalue weighted by Gasteiger charge is 2.15. The van der Waals surface area contributed by atoms with E-state index in [0.717, 1.165) is 50.2 Å². The van der Waals surface area contributed by atoms with E-state index in [-0.39, 0.29) is 4.21 Å². The summed E-state index contributed by atoms with van der Waals surface area (Å²) in [7, 11) is -3.38. The SMILES string of the molecule is CCN(CC)CCCCCNS(=O)(=O)c1ccc(Cl)s1. The second kappa shape index (κ2) is 9.00. The zero-order valence-corrected chi connectivity index (χ0v) is 14.5. The van der Waals surface area contributed by atoms with Gasteiger partial charge in [0.05, 0.1) is 4.34 Å². The van der Waals surface area contributed by atoms with E-state index in [2.05, 4.69) is 23.5 Å². The molecule has 0 amide bonds. The molecule has 0 aromatic carbocycles. The predicted molar refractivity (Wildman–Crippen MR) is 86.2 cm³/mol. The smallest absolute Gasteiger partial charge is 0.250 e. The zero-order valence-electron chi connectivity index (χ0n) is 12.1. The van der Waals surface area contributed by atoms with Crippen molar-refractivity contribution < 1.29 is 8.42 Å². The minimum atomic E-state index is -3.38. The number of unbranched alkanes of at least 4 members (excludes halogenated alkanes) is 2. The van der Waals surface area contributed by atoms with Crippen molar-refractivity contribution in [2.45, 2.75) is 37.3 Å². The average molecular weight is 339 g/mol. The fourth-order valence-corrected chi connectivity index (χ4v) is 4.50. The topological polar surface area (TPSA) is 49.4 Å². The Morgan fingerprint density at radius 1 is 1.20 bits per heavy atom. The fourth-order valence-electron chi connectivity index (χ4n) is 1.90. The Hall–Kier alpha value is -0.140. The van der Waals surface area contributed by atoms with Crippen LogP contribution >= 0.6 is 22.9 Å². The van der Waals surface area contributed by atoms with Crippen LogP contribution in [0.5, 0.6) is 0 Å². The van der Waals surface area contributed by atoms with E-state index in [1.807, 2.05) is 0 Å². The Morgan fingerprint density at radius 3 is 2.45 bits per heavy atom. The van der Waals surface area contributed by atoms with E-state index in [1.165, 1.54) is 6.07 Å². The van der Waals surface area contributed by atoms with Gasteiger partial charge < -0.3 is 4.90 Å². The molecule has 7 heteroatoms. The molecule has 0 aliphatic rings. The Morgan fingerprint density at radius 2 is 1.90 bits per heavy atom. The van der Waals surface area contributed by atoms with Crippen LogP contribution in [0.3, 0.4) is 0 Å². The number of sulfonamides is 1.